The highest BCUT2D eigenvalue weighted by Crippen LogP contribution is 2.21. The van der Waals surface area contributed by atoms with Crippen LogP contribution in [0.15, 0.2) is 18.2 Å². The smallest absolute Gasteiger partial charge is 0.409 e. The zero-order valence-electron chi connectivity index (χ0n) is 12.2. The van der Waals surface area contributed by atoms with Gasteiger partial charge >= 0.3 is 6.09 Å². The second-order valence-corrected chi connectivity index (χ2v) is 4.70. The molecule has 0 bridgehead atoms. The topological polar surface area (TPSA) is 85.1 Å². The van der Waals surface area contributed by atoms with E-state index in [2.05, 4.69) is 4.74 Å². The Bertz CT molecular complexity index is 539. The summed E-state index contributed by atoms with van der Waals surface area (Å²) in [6.45, 7) is 1.79. The fraction of sp³-hybridized carbons (Fsp3) is 0.429. The Labute approximate surface area is 123 Å². The van der Waals surface area contributed by atoms with Gasteiger partial charge in [0.05, 0.1) is 19.8 Å². The molecule has 114 valence electrons. The van der Waals surface area contributed by atoms with Crippen LogP contribution in [-0.4, -0.2) is 62.2 Å². The van der Waals surface area contributed by atoms with E-state index in [4.69, 9.17) is 10.5 Å². The maximum absolute atomic E-state index is 12.5. The van der Waals surface area contributed by atoms with Crippen LogP contribution in [0.3, 0.4) is 0 Å². The third kappa shape index (κ3) is 3.18. The fourth-order valence-corrected chi connectivity index (χ4v) is 2.24. The van der Waals surface area contributed by atoms with Gasteiger partial charge in [0.1, 0.15) is 5.75 Å². The van der Waals surface area contributed by atoms with Gasteiger partial charge in [-0.05, 0) is 18.2 Å². The highest BCUT2D eigenvalue weighted by molar-refractivity contribution is 5.99. The molecule has 1 aromatic rings. The van der Waals surface area contributed by atoms with Gasteiger partial charge in [0.2, 0.25) is 0 Å². The van der Waals surface area contributed by atoms with Crippen LogP contribution in [0.5, 0.6) is 5.75 Å². The number of anilines is 1. The summed E-state index contributed by atoms with van der Waals surface area (Å²) in [6.07, 6.45) is -0.372. The molecule has 1 aliphatic rings. The summed E-state index contributed by atoms with van der Waals surface area (Å²) in [6, 6.07) is 4.99. The average molecular weight is 293 g/mol. The number of methoxy groups -OCH3 is 2. The highest BCUT2D eigenvalue weighted by atomic mass is 16.5. The van der Waals surface area contributed by atoms with Crippen molar-refractivity contribution >= 4 is 17.7 Å². The number of nitrogens with zero attached hydrogens (tertiary/aromatic N) is 2. The van der Waals surface area contributed by atoms with E-state index >= 15 is 0 Å². The van der Waals surface area contributed by atoms with Crippen molar-refractivity contribution in [3.63, 3.8) is 0 Å². The second-order valence-electron chi connectivity index (χ2n) is 4.70. The van der Waals surface area contributed by atoms with Crippen LogP contribution < -0.4 is 10.5 Å². The summed E-state index contributed by atoms with van der Waals surface area (Å²) in [7, 11) is 2.88. The molecule has 0 atom stereocenters. The van der Waals surface area contributed by atoms with Crippen molar-refractivity contribution in [2.75, 3.05) is 46.1 Å². The molecule has 1 heterocycles. The van der Waals surface area contributed by atoms with Gasteiger partial charge in [0, 0.05) is 31.9 Å². The molecule has 1 aliphatic heterocycles. The predicted octanol–water partition coefficient (Wildman–Crippen LogP) is 0.802. The van der Waals surface area contributed by atoms with Gasteiger partial charge in [-0.2, -0.15) is 0 Å². The number of hydrogen-bond donors (Lipinski definition) is 1. The molecule has 21 heavy (non-hydrogen) atoms. The Morgan fingerprint density at radius 2 is 1.71 bits per heavy atom. The van der Waals surface area contributed by atoms with Crippen LogP contribution in [-0.2, 0) is 4.74 Å². The van der Waals surface area contributed by atoms with Gasteiger partial charge < -0.3 is 25.0 Å². The zero-order chi connectivity index (χ0) is 15.4. The van der Waals surface area contributed by atoms with E-state index in [0.717, 1.165) is 0 Å². The average Bonchev–Trinajstić information content (AvgIpc) is 2.54. The first-order valence-corrected chi connectivity index (χ1v) is 6.62. The summed E-state index contributed by atoms with van der Waals surface area (Å²) in [5.74, 6) is 0.427. The van der Waals surface area contributed by atoms with E-state index in [0.29, 0.717) is 43.2 Å². The molecular formula is C14H19N3O4. The molecule has 2 amide bonds. The van der Waals surface area contributed by atoms with Crippen molar-refractivity contribution in [1.82, 2.24) is 9.80 Å². The van der Waals surface area contributed by atoms with Crippen LogP contribution in [0.25, 0.3) is 0 Å². The van der Waals surface area contributed by atoms with Gasteiger partial charge in [-0.3, -0.25) is 4.79 Å². The maximum Gasteiger partial charge on any atom is 0.409 e. The molecule has 1 fully saturated rings. The lowest BCUT2D eigenvalue weighted by molar-refractivity contribution is 0.0600. The number of rotatable bonds is 2. The molecule has 0 aromatic heterocycles. The quantitative estimate of drug-likeness (QED) is 0.815. The summed E-state index contributed by atoms with van der Waals surface area (Å²) in [4.78, 5) is 27.1. The molecule has 2 N–H and O–H groups in total. The Hall–Kier alpha value is -2.44. The highest BCUT2D eigenvalue weighted by Gasteiger charge is 2.26. The standard InChI is InChI=1S/C14H19N3O4/c1-20-10-3-4-12(15)11(9-10)13(18)16-5-7-17(8-6-16)14(19)21-2/h3-4,9H,5-8,15H2,1-2H3. The molecule has 0 saturated carbocycles. The molecule has 0 unspecified atom stereocenters. The van der Waals surface area contributed by atoms with Crippen molar-refractivity contribution in [1.29, 1.82) is 0 Å². The maximum atomic E-state index is 12.5. The Morgan fingerprint density at radius 3 is 2.29 bits per heavy atom. The number of benzene rings is 1. The lowest BCUT2D eigenvalue weighted by Crippen LogP contribution is -2.50. The lowest BCUT2D eigenvalue weighted by atomic mass is 10.1. The Balaban J connectivity index is 2.07. The van der Waals surface area contributed by atoms with Crippen LogP contribution in [0.1, 0.15) is 10.4 Å². The molecule has 2 rings (SSSR count). The number of nitrogen functional groups attached to an aromatic ring is 1. The van der Waals surface area contributed by atoms with Crippen molar-refractivity contribution in [3.8, 4) is 5.75 Å². The predicted molar refractivity (Wildman–Crippen MR) is 77.3 cm³/mol. The van der Waals surface area contributed by atoms with Gasteiger partial charge in [0.25, 0.3) is 5.91 Å². The minimum Gasteiger partial charge on any atom is -0.497 e. The third-order valence-electron chi connectivity index (χ3n) is 3.49. The van der Waals surface area contributed by atoms with Crippen molar-refractivity contribution < 1.29 is 19.1 Å². The van der Waals surface area contributed by atoms with E-state index in [1.165, 1.54) is 14.2 Å². The molecule has 0 spiro atoms. The first kappa shape index (κ1) is 15.0. The zero-order valence-corrected chi connectivity index (χ0v) is 12.2. The first-order chi connectivity index (χ1) is 10.1. The summed E-state index contributed by atoms with van der Waals surface area (Å²) in [5, 5.41) is 0. The monoisotopic (exact) mass is 293 g/mol. The number of hydrogen-bond acceptors (Lipinski definition) is 5. The van der Waals surface area contributed by atoms with E-state index in [1.807, 2.05) is 0 Å². The molecule has 7 nitrogen and oxygen atoms in total. The normalized spacial score (nSPS) is 14.8. The number of ether oxygens (including phenoxy) is 2. The Morgan fingerprint density at radius 1 is 1.10 bits per heavy atom. The van der Waals surface area contributed by atoms with Crippen LogP contribution in [0.4, 0.5) is 10.5 Å². The van der Waals surface area contributed by atoms with Crippen molar-refractivity contribution in [2.24, 2.45) is 0 Å². The van der Waals surface area contributed by atoms with Crippen LogP contribution in [0.2, 0.25) is 0 Å². The molecular weight excluding hydrogens is 274 g/mol. The molecule has 7 heteroatoms. The first-order valence-electron chi connectivity index (χ1n) is 6.62. The summed E-state index contributed by atoms with van der Waals surface area (Å²) in [5.41, 5.74) is 6.69. The largest absolute Gasteiger partial charge is 0.497 e. The minimum atomic E-state index is -0.372. The number of carbonyl (C=O) groups excluding carboxylic acids is 2. The second kappa shape index (κ2) is 6.34. The minimum absolute atomic E-state index is 0.157. The van der Waals surface area contributed by atoms with E-state index in [9.17, 15) is 9.59 Å². The summed E-state index contributed by atoms with van der Waals surface area (Å²) < 4.78 is 9.78. The van der Waals surface area contributed by atoms with E-state index in [1.54, 1.807) is 28.0 Å². The molecule has 1 saturated heterocycles. The third-order valence-corrected chi connectivity index (χ3v) is 3.49. The van der Waals surface area contributed by atoms with Gasteiger partial charge in [0.15, 0.2) is 0 Å². The molecule has 0 aliphatic carbocycles. The molecule has 0 radical (unpaired) electrons. The summed E-state index contributed by atoms with van der Waals surface area (Å²) >= 11 is 0. The van der Waals surface area contributed by atoms with Crippen LogP contribution >= 0.6 is 0 Å². The number of carbonyl (C=O) groups is 2. The number of piperazine rings is 1. The van der Waals surface area contributed by atoms with Crippen molar-refractivity contribution in [3.05, 3.63) is 23.8 Å². The van der Waals surface area contributed by atoms with Crippen LogP contribution in [0, 0.1) is 0 Å². The molecule has 1 aromatic carbocycles. The van der Waals surface area contributed by atoms with E-state index < -0.39 is 0 Å². The van der Waals surface area contributed by atoms with Crippen molar-refractivity contribution in [2.45, 2.75) is 0 Å². The lowest BCUT2D eigenvalue weighted by Gasteiger charge is -2.34. The van der Waals surface area contributed by atoms with Gasteiger partial charge in [-0.1, -0.05) is 0 Å². The SMILES string of the molecule is COC(=O)N1CCN(C(=O)c2cc(OC)ccc2N)CC1. The van der Waals surface area contributed by atoms with Gasteiger partial charge in [-0.25, -0.2) is 4.79 Å². The van der Waals surface area contributed by atoms with E-state index in [-0.39, 0.29) is 12.0 Å². The number of nitrogens with two attached hydrogens (primary N) is 1. The fourth-order valence-electron chi connectivity index (χ4n) is 2.24. The van der Waals surface area contributed by atoms with Gasteiger partial charge in [-0.15, -0.1) is 0 Å². The Kier molecular flexibility index (Phi) is 4.52. The number of amides is 2.